The van der Waals surface area contributed by atoms with Crippen molar-refractivity contribution in [2.75, 3.05) is 0 Å². The lowest BCUT2D eigenvalue weighted by Gasteiger charge is -2.16. The van der Waals surface area contributed by atoms with Crippen molar-refractivity contribution in [1.29, 1.82) is 0 Å². The molecule has 1 aromatic carbocycles. The molecule has 0 fully saturated rings. The number of benzene rings is 1. The molecular weight excluding hydrogens is 295 g/mol. The van der Waals surface area contributed by atoms with Crippen LogP contribution in [0, 0.1) is 6.92 Å². The number of nitrogens with zero attached hydrogens (tertiary/aromatic N) is 1. The fourth-order valence-electron chi connectivity index (χ4n) is 2.59. The number of aryl methyl sites for hydroxylation is 1. The molecule has 0 bridgehead atoms. The Kier molecular flexibility index (Phi) is 4.30. The van der Waals surface area contributed by atoms with Gasteiger partial charge in [-0.1, -0.05) is 25.1 Å². The molecule has 0 aliphatic carbocycles. The first kappa shape index (κ1) is 16.1. The summed E-state index contributed by atoms with van der Waals surface area (Å²) in [4.78, 5) is 11.3. The number of halogens is 3. The maximum atomic E-state index is 13.2. The Morgan fingerprint density at radius 1 is 1.27 bits per heavy atom. The Morgan fingerprint density at radius 3 is 2.45 bits per heavy atom. The lowest BCUT2D eigenvalue weighted by Crippen LogP contribution is -2.09. The number of hydrogen-bond donors (Lipinski definition) is 1. The van der Waals surface area contributed by atoms with E-state index in [2.05, 4.69) is 0 Å². The van der Waals surface area contributed by atoms with Crippen LogP contribution in [0.15, 0.2) is 30.5 Å². The molecule has 2 rings (SSSR count). The fourth-order valence-corrected chi connectivity index (χ4v) is 2.59. The predicted molar refractivity (Wildman–Crippen MR) is 76.9 cm³/mol. The summed E-state index contributed by atoms with van der Waals surface area (Å²) in [5.74, 6) is -1.14. The molecule has 0 aliphatic rings. The molecule has 1 N–H and O–H groups in total. The summed E-state index contributed by atoms with van der Waals surface area (Å²) < 4.78 is 41.3. The number of alkyl halides is 3. The van der Waals surface area contributed by atoms with Crippen molar-refractivity contribution in [3.05, 3.63) is 47.2 Å². The Bertz CT molecular complexity index is 702. The first-order chi connectivity index (χ1) is 10.3. The Labute approximate surface area is 126 Å². The third-order valence-corrected chi connectivity index (χ3v) is 3.51. The smallest absolute Gasteiger partial charge is 0.417 e. The quantitative estimate of drug-likeness (QED) is 0.897. The van der Waals surface area contributed by atoms with Crippen molar-refractivity contribution >= 4 is 5.97 Å². The molecule has 0 amide bonds. The summed E-state index contributed by atoms with van der Waals surface area (Å²) in [5, 5.41) is 9.21. The van der Waals surface area contributed by atoms with Crippen molar-refractivity contribution in [1.82, 2.24) is 4.57 Å². The number of aromatic nitrogens is 1. The van der Waals surface area contributed by atoms with Crippen LogP contribution in [0.1, 0.15) is 34.8 Å². The molecule has 1 heterocycles. The van der Waals surface area contributed by atoms with Gasteiger partial charge in [0.25, 0.3) is 0 Å². The molecule has 0 atom stereocenters. The third kappa shape index (κ3) is 2.86. The first-order valence-corrected chi connectivity index (χ1v) is 6.87. The van der Waals surface area contributed by atoms with Crippen molar-refractivity contribution in [3.8, 4) is 11.3 Å². The minimum atomic E-state index is -4.49. The highest BCUT2D eigenvalue weighted by Gasteiger charge is 2.34. The van der Waals surface area contributed by atoms with E-state index in [1.807, 2.05) is 6.92 Å². The van der Waals surface area contributed by atoms with Crippen molar-refractivity contribution in [2.24, 2.45) is 0 Å². The summed E-state index contributed by atoms with van der Waals surface area (Å²) in [6.45, 7) is 3.88. The van der Waals surface area contributed by atoms with Gasteiger partial charge in [0.1, 0.15) is 0 Å². The van der Waals surface area contributed by atoms with E-state index >= 15 is 0 Å². The molecule has 0 spiro atoms. The summed E-state index contributed by atoms with van der Waals surface area (Å²) in [6, 6.07) is 5.24. The van der Waals surface area contributed by atoms with Gasteiger partial charge in [0, 0.05) is 18.3 Å². The molecule has 0 radical (unpaired) electrons. The summed E-state index contributed by atoms with van der Waals surface area (Å²) in [5.41, 5.74) is -0.0656. The topological polar surface area (TPSA) is 42.2 Å². The van der Waals surface area contributed by atoms with Crippen LogP contribution in [-0.4, -0.2) is 15.6 Å². The molecule has 1 aromatic heterocycles. The van der Waals surface area contributed by atoms with Gasteiger partial charge < -0.3 is 9.67 Å². The summed E-state index contributed by atoms with van der Waals surface area (Å²) in [6.07, 6.45) is -2.40. The van der Waals surface area contributed by atoms with E-state index in [-0.39, 0.29) is 11.1 Å². The van der Waals surface area contributed by atoms with Gasteiger partial charge in [-0.15, -0.1) is 0 Å². The number of carboxylic acids is 1. The Balaban J connectivity index is 2.75. The Morgan fingerprint density at radius 2 is 1.91 bits per heavy atom. The average Bonchev–Trinajstić information content (AvgIpc) is 2.75. The maximum Gasteiger partial charge on any atom is 0.417 e. The molecule has 2 aromatic rings. The van der Waals surface area contributed by atoms with Crippen molar-refractivity contribution < 1.29 is 23.1 Å². The second-order valence-electron chi connectivity index (χ2n) is 5.06. The van der Waals surface area contributed by atoms with Gasteiger partial charge in [-0.3, -0.25) is 0 Å². The van der Waals surface area contributed by atoms with E-state index in [1.165, 1.54) is 31.3 Å². The number of rotatable bonds is 4. The molecule has 118 valence electrons. The van der Waals surface area contributed by atoms with Crippen LogP contribution in [0.4, 0.5) is 13.2 Å². The molecule has 22 heavy (non-hydrogen) atoms. The zero-order valence-corrected chi connectivity index (χ0v) is 12.2. The SMILES string of the molecule is CCCn1cc(C(=O)O)c(C)c1-c1ccccc1C(F)(F)F. The largest absolute Gasteiger partial charge is 0.478 e. The molecular formula is C16H16F3NO2. The number of aromatic carboxylic acids is 1. The molecule has 0 aliphatic heterocycles. The van der Waals surface area contributed by atoms with E-state index in [0.717, 1.165) is 6.07 Å². The normalized spacial score (nSPS) is 11.7. The summed E-state index contributed by atoms with van der Waals surface area (Å²) in [7, 11) is 0. The van der Waals surface area contributed by atoms with Gasteiger partial charge in [-0.2, -0.15) is 13.2 Å². The van der Waals surface area contributed by atoms with E-state index < -0.39 is 17.7 Å². The summed E-state index contributed by atoms with van der Waals surface area (Å²) >= 11 is 0. The van der Waals surface area contributed by atoms with Crippen LogP contribution in [0.25, 0.3) is 11.3 Å². The monoisotopic (exact) mass is 311 g/mol. The Hall–Kier alpha value is -2.24. The van der Waals surface area contributed by atoms with Crippen LogP contribution >= 0.6 is 0 Å². The van der Waals surface area contributed by atoms with Crippen LogP contribution in [0.5, 0.6) is 0 Å². The second kappa shape index (κ2) is 5.87. The van der Waals surface area contributed by atoms with Crippen LogP contribution < -0.4 is 0 Å². The molecule has 6 heteroatoms. The van der Waals surface area contributed by atoms with Gasteiger partial charge in [0.2, 0.25) is 0 Å². The van der Waals surface area contributed by atoms with Crippen LogP contribution in [0.3, 0.4) is 0 Å². The van der Waals surface area contributed by atoms with Gasteiger partial charge in [-0.25, -0.2) is 4.79 Å². The van der Waals surface area contributed by atoms with Crippen molar-refractivity contribution in [2.45, 2.75) is 33.0 Å². The lowest BCUT2D eigenvalue weighted by molar-refractivity contribution is -0.137. The highest BCUT2D eigenvalue weighted by molar-refractivity contribution is 5.92. The maximum absolute atomic E-state index is 13.2. The average molecular weight is 311 g/mol. The van der Waals surface area contributed by atoms with E-state index in [1.54, 1.807) is 4.57 Å². The fraction of sp³-hybridized carbons (Fsp3) is 0.312. The van der Waals surface area contributed by atoms with Gasteiger partial charge in [0.05, 0.1) is 16.8 Å². The minimum absolute atomic E-state index is 0.00782. The zero-order valence-electron chi connectivity index (χ0n) is 12.2. The number of carbonyl (C=O) groups is 1. The minimum Gasteiger partial charge on any atom is -0.478 e. The van der Waals surface area contributed by atoms with E-state index in [0.29, 0.717) is 24.2 Å². The second-order valence-corrected chi connectivity index (χ2v) is 5.06. The zero-order chi connectivity index (χ0) is 16.5. The highest BCUT2D eigenvalue weighted by Crippen LogP contribution is 2.39. The standard InChI is InChI=1S/C16H16F3NO2/c1-3-8-20-9-12(15(21)22)10(2)14(20)11-6-4-5-7-13(11)16(17,18)19/h4-7,9H,3,8H2,1-2H3,(H,21,22). The first-order valence-electron chi connectivity index (χ1n) is 6.87. The molecule has 0 saturated carbocycles. The van der Waals surface area contributed by atoms with Crippen LogP contribution in [0.2, 0.25) is 0 Å². The number of carboxylic acid groups (broad SMARTS) is 1. The van der Waals surface area contributed by atoms with Gasteiger partial charge in [0.15, 0.2) is 0 Å². The van der Waals surface area contributed by atoms with Gasteiger partial charge >= 0.3 is 12.1 Å². The molecule has 0 saturated heterocycles. The van der Waals surface area contributed by atoms with Crippen molar-refractivity contribution in [3.63, 3.8) is 0 Å². The predicted octanol–water partition coefficient (Wildman–Crippen LogP) is 4.59. The molecule has 3 nitrogen and oxygen atoms in total. The van der Waals surface area contributed by atoms with E-state index in [9.17, 15) is 23.1 Å². The molecule has 0 unspecified atom stereocenters. The van der Waals surface area contributed by atoms with E-state index in [4.69, 9.17) is 0 Å². The lowest BCUT2D eigenvalue weighted by atomic mass is 10.00. The van der Waals surface area contributed by atoms with Gasteiger partial charge in [-0.05, 0) is 25.0 Å². The highest BCUT2D eigenvalue weighted by atomic mass is 19.4. The number of hydrogen-bond acceptors (Lipinski definition) is 1. The van der Waals surface area contributed by atoms with Crippen LogP contribution in [-0.2, 0) is 12.7 Å². The third-order valence-electron chi connectivity index (χ3n) is 3.51.